The number of ether oxygens (including phenoxy) is 1. The number of carboxylic acid groups (broad SMARTS) is 1. The monoisotopic (exact) mass is 236 g/mol. The number of aliphatic carboxylic acids is 1. The number of hydrogen-bond donors (Lipinski definition) is 1. The molecule has 1 aromatic carbocycles. The number of hydrogen-bond acceptors (Lipinski definition) is 2. The maximum Gasteiger partial charge on any atom is 0.306 e. The van der Waals surface area contributed by atoms with Crippen molar-refractivity contribution in [2.24, 2.45) is 5.92 Å². The Bertz CT molecular complexity index is 410. The van der Waals surface area contributed by atoms with E-state index in [1.54, 1.807) is 6.92 Å². The molecule has 0 fully saturated rings. The highest BCUT2D eigenvalue weighted by atomic mass is 16.5. The van der Waals surface area contributed by atoms with Gasteiger partial charge >= 0.3 is 5.97 Å². The molecular weight excluding hydrogens is 216 g/mol. The molecule has 17 heavy (non-hydrogen) atoms. The van der Waals surface area contributed by atoms with Crippen molar-refractivity contribution < 1.29 is 14.6 Å². The number of rotatable bonds is 5. The average Bonchev–Trinajstić information content (AvgIpc) is 2.28. The Morgan fingerprint density at radius 3 is 2.47 bits per heavy atom. The number of carboxylic acids is 1. The largest absolute Gasteiger partial charge is 0.493 e. The predicted octanol–water partition coefficient (Wildman–Crippen LogP) is 3.10. The van der Waals surface area contributed by atoms with E-state index in [4.69, 9.17) is 9.84 Å². The third kappa shape index (κ3) is 3.48. The van der Waals surface area contributed by atoms with Gasteiger partial charge < -0.3 is 9.84 Å². The van der Waals surface area contributed by atoms with E-state index in [2.05, 4.69) is 6.07 Å². The summed E-state index contributed by atoms with van der Waals surface area (Å²) in [6.45, 7) is 8.21. The van der Waals surface area contributed by atoms with Crippen molar-refractivity contribution in [1.82, 2.24) is 0 Å². The fourth-order valence-electron chi connectivity index (χ4n) is 1.61. The van der Waals surface area contributed by atoms with Crippen molar-refractivity contribution in [1.29, 1.82) is 0 Å². The second-order valence-corrected chi connectivity index (χ2v) is 4.53. The van der Waals surface area contributed by atoms with Crippen LogP contribution in [0.4, 0.5) is 0 Å². The van der Waals surface area contributed by atoms with Crippen LogP contribution in [0, 0.1) is 26.7 Å². The lowest BCUT2D eigenvalue weighted by atomic mass is 10.1. The summed E-state index contributed by atoms with van der Waals surface area (Å²) in [5.41, 5.74) is 3.42. The highest BCUT2D eigenvalue weighted by molar-refractivity contribution is 5.69. The molecule has 0 aliphatic heterocycles. The van der Waals surface area contributed by atoms with Gasteiger partial charge in [-0.15, -0.1) is 0 Å². The maximum absolute atomic E-state index is 10.7. The molecule has 0 saturated heterocycles. The fourth-order valence-corrected chi connectivity index (χ4v) is 1.61. The van der Waals surface area contributed by atoms with E-state index >= 15 is 0 Å². The molecule has 0 aliphatic carbocycles. The zero-order valence-corrected chi connectivity index (χ0v) is 10.9. The zero-order valence-electron chi connectivity index (χ0n) is 10.9. The highest BCUT2D eigenvalue weighted by Gasteiger charge is 2.12. The average molecular weight is 236 g/mol. The van der Waals surface area contributed by atoms with E-state index in [-0.39, 0.29) is 5.92 Å². The lowest BCUT2D eigenvalue weighted by Gasteiger charge is -2.14. The van der Waals surface area contributed by atoms with Gasteiger partial charge in [0, 0.05) is 0 Å². The molecule has 1 unspecified atom stereocenters. The van der Waals surface area contributed by atoms with Crippen molar-refractivity contribution >= 4 is 5.97 Å². The van der Waals surface area contributed by atoms with Gasteiger partial charge in [-0.2, -0.15) is 0 Å². The molecule has 1 N–H and O–H groups in total. The molecule has 3 nitrogen and oxygen atoms in total. The molecule has 0 aromatic heterocycles. The fraction of sp³-hybridized carbons (Fsp3) is 0.500. The molecule has 0 bridgehead atoms. The minimum absolute atomic E-state index is 0.361. The first-order chi connectivity index (χ1) is 7.93. The summed E-state index contributed by atoms with van der Waals surface area (Å²) < 4.78 is 5.71. The van der Waals surface area contributed by atoms with Crippen LogP contribution in [0.5, 0.6) is 5.75 Å². The maximum atomic E-state index is 10.7. The summed E-state index contributed by atoms with van der Waals surface area (Å²) in [5, 5.41) is 8.78. The predicted molar refractivity (Wildman–Crippen MR) is 67.6 cm³/mol. The molecule has 0 amide bonds. The molecule has 0 heterocycles. The summed E-state index contributed by atoms with van der Waals surface area (Å²) in [5.74, 6) is -0.241. The van der Waals surface area contributed by atoms with Gasteiger partial charge in [-0.1, -0.05) is 19.1 Å². The van der Waals surface area contributed by atoms with Gasteiger partial charge in [-0.3, -0.25) is 4.79 Å². The Labute approximate surface area is 102 Å². The molecule has 1 atom stereocenters. The minimum atomic E-state index is -0.772. The third-order valence-electron chi connectivity index (χ3n) is 3.09. The summed E-state index contributed by atoms with van der Waals surface area (Å²) in [7, 11) is 0. The zero-order chi connectivity index (χ0) is 13.0. The molecule has 0 radical (unpaired) electrons. The van der Waals surface area contributed by atoms with E-state index in [1.165, 1.54) is 5.56 Å². The van der Waals surface area contributed by atoms with Gasteiger partial charge in [-0.25, -0.2) is 0 Å². The van der Waals surface area contributed by atoms with E-state index < -0.39 is 5.97 Å². The second-order valence-electron chi connectivity index (χ2n) is 4.53. The van der Waals surface area contributed by atoms with Crippen LogP contribution in [0.15, 0.2) is 12.1 Å². The van der Waals surface area contributed by atoms with Gasteiger partial charge in [0.15, 0.2) is 0 Å². The van der Waals surface area contributed by atoms with Gasteiger partial charge in [0.05, 0.1) is 12.5 Å². The molecule has 0 spiro atoms. The van der Waals surface area contributed by atoms with E-state index in [0.29, 0.717) is 13.0 Å². The van der Waals surface area contributed by atoms with Crippen molar-refractivity contribution in [2.45, 2.75) is 34.1 Å². The van der Waals surface area contributed by atoms with Crippen molar-refractivity contribution in [2.75, 3.05) is 6.61 Å². The van der Waals surface area contributed by atoms with Crippen LogP contribution in [0.1, 0.15) is 30.0 Å². The summed E-state index contributed by atoms with van der Waals surface area (Å²) in [6.07, 6.45) is 0.530. The Hall–Kier alpha value is -1.51. The van der Waals surface area contributed by atoms with Crippen LogP contribution in [0.25, 0.3) is 0 Å². The molecular formula is C14H20O3. The Kier molecular flexibility index (Phi) is 4.55. The molecule has 1 aromatic rings. The first kappa shape index (κ1) is 13.6. The number of aryl methyl sites for hydroxylation is 2. The van der Waals surface area contributed by atoms with Crippen LogP contribution >= 0.6 is 0 Å². The van der Waals surface area contributed by atoms with Crippen LogP contribution in [0.3, 0.4) is 0 Å². The van der Waals surface area contributed by atoms with Crippen LogP contribution in [0.2, 0.25) is 0 Å². The normalized spacial score (nSPS) is 12.2. The van der Waals surface area contributed by atoms with E-state index in [1.807, 2.05) is 26.8 Å². The van der Waals surface area contributed by atoms with Gasteiger partial charge in [-0.05, 0) is 43.9 Å². The van der Waals surface area contributed by atoms with Gasteiger partial charge in [0.25, 0.3) is 0 Å². The van der Waals surface area contributed by atoms with Crippen molar-refractivity contribution in [3.8, 4) is 5.75 Å². The van der Waals surface area contributed by atoms with Crippen molar-refractivity contribution in [3.05, 3.63) is 28.8 Å². The van der Waals surface area contributed by atoms with Gasteiger partial charge in [0.2, 0.25) is 0 Å². The molecule has 94 valence electrons. The molecule has 1 rings (SSSR count). The summed E-state index contributed by atoms with van der Waals surface area (Å²) in [4.78, 5) is 10.7. The molecule has 0 aliphatic rings. The Balaban J connectivity index is 2.64. The number of carbonyl (C=O) groups is 1. The van der Waals surface area contributed by atoms with Crippen LogP contribution < -0.4 is 4.74 Å². The smallest absolute Gasteiger partial charge is 0.306 e. The third-order valence-corrected chi connectivity index (χ3v) is 3.09. The second kappa shape index (κ2) is 5.71. The first-order valence-electron chi connectivity index (χ1n) is 5.86. The molecule has 3 heteroatoms. The van der Waals surface area contributed by atoms with E-state index in [0.717, 1.165) is 16.9 Å². The quantitative estimate of drug-likeness (QED) is 0.854. The minimum Gasteiger partial charge on any atom is -0.493 e. The molecule has 0 saturated carbocycles. The topological polar surface area (TPSA) is 46.5 Å². The van der Waals surface area contributed by atoms with Crippen LogP contribution in [-0.2, 0) is 4.79 Å². The summed E-state index contributed by atoms with van der Waals surface area (Å²) >= 11 is 0. The summed E-state index contributed by atoms with van der Waals surface area (Å²) in [6, 6.07) is 4.09. The van der Waals surface area contributed by atoms with Crippen LogP contribution in [-0.4, -0.2) is 17.7 Å². The SMILES string of the molecule is Cc1ccc(C)c(OCCC(C)C(=O)O)c1C. The lowest BCUT2D eigenvalue weighted by molar-refractivity contribution is -0.141. The lowest BCUT2D eigenvalue weighted by Crippen LogP contribution is -2.13. The first-order valence-corrected chi connectivity index (χ1v) is 5.86. The Morgan fingerprint density at radius 2 is 1.88 bits per heavy atom. The Morgan fingerprint density at radius 1 is 1.29 bits per heavy atom. The number of benzene rings is 1. The van der Waals surface area contributed by atoms with E-state index in [9.17, 15) is 4.79 Å². The van der Waals surface area contributed by atoms with Crippen molar-refractivity contribution in [3.63, 3.8) is 0 Å². The van der Waals surface area contributed by atoms with Gasteiger partial charge in [0.1, 0.15) is 5.75 Å². The highest BCUT2D eigenvalue weighted by Crippen LogP contribution is 2.26. The standard InChI is InChI=1S/C14H20O3/c1-9-5-6-10(2)13(12(9)4)17-8-7-11(3)14(15)16/h5-6,11H,7-8H2,1-4H3,(H,15,16).